The molecule has 0 aliphatic carbocycles. The van der Waals surface area contributed by atoms with Gasteiger partial charge in [0.2, 0.25) is 10.0 Å². The van der Waals surface area contributed by atoms with E-state index < -0.39 is 14.9 Å². The fraction of sp³-hybridized carbons (Fsp3) is 0.222. The molecule has 0 saturated heterocycles. The first kappa shape index (κ1) is 12.9. The standard InChI is InChI=1S/C9H9N3O4S/c1-2-17(15,16)11-9-4-3-8(12(13)14)5-7(9)6-10/h3-5,11H,2H2,1H3. The van der Waals surface area contributed by atoms with Crippen molar-refractivity contribution in [2.45, 2.75) is 6.92 Å². The molecule has 1 N–H and O–H groups in total. The Morgan fingerprint density at radius 3 is 2.65 bits per heavy atom. The van der Waals surface area contributed by atoms with Crippen LogP contribution in [0.15, 0.2) is 18.2 Å². The molecule has 0 amide bonds. The second-order valence-corrected chi connectivity index (χ2v) is 5.12. The number of sulfonamides is 1. The van der Waals surface area contributed by atoms with Crippen LogP contribution in [-0.4, -0.2) is 19.1 Å². The van der Waals surface area contributed by atoms with Gasteiger partial charge in [0.1, 0.15) is 6.07 Å². The van der Waals surface area contributed by atoms with Crippen molar-refractivity contribution >= 4 is 21.4 Å². The average molecular weight is 255 g/mol. The van der Waals surface area contributed by atoms with Crippen molar-refractivity contribution < 1.29 is 13.3 Å². The molecule has 0 atom stereocenters. The van der Waals surface area contributed by atoms with Crippen LogP contribution in [-0.2, 0) is 10.0 Å². The van der Waals surface area contributed by atoms with E-state index in [1.54, 1.807) is 6.07 Å². The molecule has 0 spiro atoms. The van der Waals surface area contributed by atoms with Gasteiger partial charge < -0.3 is 0 Å². The van der Waals surface area contributed by atoms with Gasteiger partial charge in [-0.15, -0.1) is 0 Å². The highest BCUT2D eigenvalue weighted by molar-refractivity contribution is 7.92. The molecule has 0 aliphatic heterocycles. The summed E-state index contributed by atoms with van der Waals surface area (Å²) in [5, 5.41) is 19.3. The molecule has 0 fully saturated rings. The Hall–Kier alpha value is -2.14. The first-order chi connectivity index (χ1) is 7.89. The number of nitro groups is 1. The summed E-state index contributed by atoms with van der Waals surface area (Å²) in [7, 11) is -3.51. The summed E-state index contributed by atoms with van der Waals surface area (Å²) in [5.74, 6) is -0.144. The Morgan fingerprint density at radius 1 is 1.53 bits per heavy atom. The van der Waals surface area contributed by atoms with E-state index in [4.69, 9.17) is 5.26 Å². The van der Waals surface area contributed by atoms with E-state index in [1.165, 1.54) is 13.0 Å². The van der Waals surface area contributed by atoms with Crippen LogP contribution in [0.3, 0.4) is 0 Å². The second kappa shape index (κ2) is 4.80. The third kappa shape index (κ3) is 3.15. The van der Waals surface area contributed by atoms with E-state index in [0.29, 0.717) is 0 Å². The quantitative estimate of drug-likeness (QED) is 0.642. The fourth-order valence-corrected chi connectivity index (χ4v) is 1.72. The molecule has 17 heavy (non-hydrogen) atoms. The van der Waals surface area contributed by atoms with E-state index in [9.17, 15) is 18.5 Å². The largest absolute Gasteiger partial charge is 0.282 e. The lowest BCUT2D eigenvalue weighted by molar-refractivity contribution is -0.384. The molecule has 1 rings (SSSR count). The minimum absolute atomic E-state index is 0.0416. The van der Waals surface area contributed by atoms with Crippen LogP contribution >= 0.6 is 0 Å². The molecule has 0 heterocycles. The summed E-state index contributed by atoms with van der Waals surface area (Å²) < 4.78 is 24.8. The van der Waals surface area contributed by atoms with E-state index in [0.717, 1.165) is 12.1 Å². The maximum atomic E-state index is 11.3. The Balaban J connectivity index is 3.20. The van der Waals surface area contributed by atoms with E-state index >= 15 is 0 Å². The lowest BCUT2D eigenvalue weighted by Gasteiger charge is -2.07. The van der Waals surface area contributed by atoms with Crippen molar-refractivity contribution in [2.75, 3.05) is 10.5 Å². The number of nitrogens with one attached hydrogen (secondary N) is 1. The summed E-state index contributed by atoms with van der Waals surface area (Å²) in [5.41, 5.74) is -0.308. The number of hydrogen-bond donors (Lipinski definition) is 1. The maximum Gasteiger partial charge on any atom is 0.270 e. The molecule has 0 unspecified atom stereocenters. The van der Waals surface area contributed by atoms with E-state index in [1.807, 2.05) is 0 Å². The van der Waals surface area contributed by atoms with E-state index in [2.05, 4.69) is 4.72 Å². The van der Waals surface area contributed by atoms with Crippen molar-refractivity contribution in [2.24, 2.45) is 0 Å². The highest BCUT2D eigenvalue weighted by atomic mass is 32.2. The zero-order valence-electron chi connectivity index (χ0n) is 8.87. The summed E-state index contributed by atoms with van der Waals surface area (Å²) in [6.07, 6.45) is 0. The maximum absolute atomic E-state index is 11.3. The normalized spacial score (nSPS) is 10.6. The highest BCUT2D eigenvalue weighted by Crippen LogP contribution is 2.22. The Labute approximate surface area is 97.9 Å². The first-order valence-corrected chi connectivity index (χ1v) is 6.24. The van der Waals surface area contributed by atoms with Gasteiger partial charge >= 0.3 is 0 Å². The van der Waals surface area contributed by atoms with Crippen LogP contribution in [0.4, 0.5) is 11.4 Å². The Kier molecular flexibility index (Phi) is 3.65. The lowest BCUT2D eigenvalue weighted by atomic mass is 10.2. The number of non-ortho nitro benzene ring substituents is 1. The second-order valence-electron chi connectivity index (χ2n) is 3.10. The molecule has 0 bridgehead atoms. The van der Waals surface area contributed by atoms with Crippen molar-refractivity contribution in [3.63, 3.8) is 0 Å². The van der Waals surface area contributed by atoms with Crippen molar-refractivity contribution in [1.82, 2.24) is 0 Å². The molecule has 1 aromatic rings. The van der Waals surface area contributed by atoms with Gasteiger partial charge in [-0.2, -0.15) is 5.26 Å². The van der Waals surface area contributed by atoms with Crippen LogP contribution in [0.25, 0.3) is 0 Å². The number of nitriles is 1. The van der Waals surface area contributed by atoms with Crippen molar-refractivity contribution in [3.05, 3.63) is 33.9 Å². The summed E-state index contributed by atoms with van der Waals surface area (Å²) in [6.45, 7) is 1.44. The van der Waals surface area contributed by atoms with Crippen molar-refractivity contribution in [3.8, 4) is 6.07 Å². The molecule has 8 heteroatoms. The Bertz CT molecular complexity index is 589. The predicted octanol–water partition coefficient (Wildman–Crippen LogP) is 1.23. The molecule has 7 nitrogen and oxygen atoms in total. The average Bonchev–Trinajstić information content (AvgIpc) is 2.29. The molecule has 0 aromatic heterocycles. The molecule has 0 aliphatic rings. The van der Waals surface area contributed by atoms with Gasteiger partial charge in [0, 0.05) is 12.1 Å². The van der Waals surface area contributed by atoms with Gasteiger partial charge in [0.05, 0.1) is 21.9 Å². The summed E-state index contributed by atoms with van der Waals surface area (Å²) in [6, 6.07) is 5.06. The number of nitro benzene ring substituents is 1. The van der Waals surface area contributed by atoms with Gasteiger partial charge in [-0.25, -0.2) is 8.42 Å². The van der Waals surface area contributed by atoms with Crippen LogP contribution in [0.5, 0.6) is 0 Å². The third-order valence-corrected chi connectivity index (χ3v) is 3.27. The number of benzene rings is 1. The first-order valence-electron chi connectivity index (χ1n) is 4.58. The third-order valence-electron chi connectivity index (χ3n) is 1.98. The van der Waals surface area contributed by atoms with Crippen LogP contribution in [0, 0.1) is 21.4 Å². The Morgan fingerprint density at radius 2 is 2.18 bits per heavy atom. The zero-order chi connectivity index (χ0) is 13.1. The molecule has 1 aromatic carbocycles. The zero-order valence-corrected chi connectivity index (χ0v) is 9.69. The van der Waals surface area contributed by atoms with Gasteiger partial charge in [-0.1, -0.05) is 0 Å². The number of hydrogen-bond acceptors (Lipinski definition) is 5. The summed E-state index contributed by atoms with van der Waals surface area (Å²) >= 11 is 0. The van der Waals surface area contributed by atoms with Gasteiger partial charge in [0.25, 0.3) is 5.69 Å². The molecule has 90 valence electrons. The predicted molar refractivity (Wildman–Crippen MR) is 60.9 cm³/mol. The van der Waals surface area contributed by atoms with E-state index in [-0.39, 0.29) is 22.7 Å². The van der Waals surface area contributed by atoms with Gasteiger partial charge in [-0.05, 0) is 13.0 Å². The van der Waals surface area contributed by atoms with Gasteiger partial charge in [-0.3, -0.25) is 14.8 Å². The molecule has 0 saturated carbocycles. The molecular weight excluding hydrogens is 246 g/mol. The van der Waals surface area contributed by atoms with Crippen LogP contribution in [0.1, 0.15) is 12.5 Å². The minimum atomic E-state index is -3.51. The summed E-state index contributed by atoms with van der Waals surface area (Å²) in [4.78, 5) is 9.83. The fourth-order valence-electron chi connectivity index (χ4n) is 1.07. The highest BCUT2D eigenvalue weighted by Gasteiger charge is 2.14. The van der Waals surface area contributed by atoms with Crippen LogP contribution < -0.4 is 4.72 Å². The van der Waals surface area contributed by atoms with Crippen LogP contribution in [0.2, 0.25) is 0 Å². The van der Waals surface area contributed by atoms with Crippen molar-refractivity contribution in [1.29, 1.82) is 5.26 Å². The SMILES string of the molecule is CCS(=O)(=O)Nc1ccc([N+](=O)[O-])cc1C#N. The van der Waals surface area contributed by atoms with Gasteiger partial charge in [0.15, 0.2) is 0 Å². The molecular formula is C9H9N3O4S. The number of rotatable bonds is 4. The minimum Gasteiger partial charge on any atom is -0.282 e. The number of nitrogens with zero attached hydrogens (tertiary/aromatic N) is 2. The topological polar surface area (TPSA) is 113 Å². The smallest absolute Gasteiger partial charge is 0.270 e. The number of anilines is 1. The lowest BCUT2D eigenvalue weighted by Crippen LogP contribution is -2.15. The molecule has 0 radical (unpaired) electrons. The monoisotopic (exact) mass is 255 g/mol.